The van der Waals surface area contributed by atoms with Crippen molar-refractivity contribution in [3.63, 3.8) is 0 Å². The molecule has 1 rings (SSSR count). The summed E-state index contributed by atoms with van der Waals surface area (Å²) < 4.78 is 0. The standard InChI is InChI=1S/C20H32O/c1-2-3-4-5-6-7-8-9-10-11-12-19-13-15-20(16-14-19)17-18-21/h13-16,18H,2-12,17H2,1H3. The average molecular weight is 288 g/mol. The van der Waals surface area contributed by atoms with E-state index in [1.165, 1.54) is 76.2 Å². The van der Waals surface area contributed by atoms with Crippen LogP contribution in [0, 0.1) is 0 Å². The molecule has 0 radical (unpaired) electrons. The lowest BCUT2D eigenvalue weighted by Crippen LogP contribution is -1.89. The third kappa shape index (κ3) is 9.44. The van der Waals surface area contributed by atoms with E-state index in [1.54, 1.807) is 0 Å². The first-order valence-corrected chi connectivity index (χ1v) is 8.88. The van der Waals surface area contributed by atoms with E-state index in [0.29, 0.717) is 6.42 Å². The lowest BCUT2D eigenvalue weighted by molar-refractivity contribution is -0.107. The van der Waals surface area contributed by atoms with E-state index in [1.807, 2.05) is 0 Å². The molecule has 21 heavy (non-hydrogen) atoms. The fourth-order valence-corrected chi connectivity index (χ4v) is 2.75. The number of rotatable bonds is 13. The largest absolute Gasteiger partial charge is 0.303 e. The van der Waals surface area contributed by atoms with Gasteiger partial charge in [-0.25, -0.2) is 0 Å². The second-order valence-electron chi connectivity index (χ2n) is 6.12. The van der Waals surface area contributed by atoms with Crippen LogP contribution in [0.3, 0.4) is 0 Å². The molecule has 0 heterocycles. The van der Waals surface area contributed by atoms with Crippen molar-refractivity contribution in [3.8, 4) is 0 Å². The highest BCUT2D eigenvalue weighted by atomic mass is 16.1. The van der Waals surface area contributed by atoms with Crippen molar-refractivity contribution in [2.45, 2.75) is 84.0 Å². The molecule has 0 aliphatic heterocycles. The van der Waals surface area contributed by atoms with Crippen molar-refractivity contribution in [2.24, 2.45) is 0 Å². The third-order valence-corrected chi connectivity index (χ3v) is 4.16. The summed E-state index contributed by atoms with van der Waals surface area (Å²) in [4.78, 5) is 10.4. The Kier molecular flexibility index (Phi) is 10.8. The summed E-state index contributed by atoms with van der Waals surface area (Å²) in [6, 6.07) is 8.51. The maximum atomic E-state index is 10.4. The van der Waals surface area contributed by atoms with Gasteiger partial charge in [0.2, 0.25) is 0 Å². The molecule has 0 bridgehead atoms. The molecule has 0 spiro atoms. The number of carbonyl (C=O) groups excluding carboxylic acids is 1. The Balaban J connectivity index is 1.95. The maximum absolute atomic E-state index is 10.4. The second kappa shape index (κ2) is 12.6. The Morgan fingerprint density at radius 1 is 0.714 bits per heavy atom. The number of hydrogen-bond acceptors (Lipinski definition) is 1. The summed E-state index contributed by atoms with van der Waals surface area (Å²) in [7, 11) is 0. The van der Waals surface area contributed by atoms with Gasteiger partial charge in [0.1, 0.15) is 6.29 Å². The first-order chi connectivity index (χ1) is 10.4. The summed E-state index contributed by atoms with van der Waals surface area (Å²) in [5.74, 6) is 0. The number of carbonyl (C=O) groups is 1. The van der Waals surface area contributed by atoms with Gasteiger partial charge in [-0.3, -0.25) is 0 Å². The summed E-state index contributed by atoms with van der Waals surface area (Å²) in [6.45, 7) is 2.27. The highest BCUT2D eigenvalue weighted by Crippen LogP contribution is 2.13. The topological polar surface area (TPSA) is 17.1 Å². The fourth-order valence-electron chi connectivity index (χ4n) is 2.75. The van der Waals surface area contributed by atoms with Crippen molar-refractivity contribution in [1.29, 1.82) is 0 Å². The monoisotopic (exact) mass is 288 g/mol. The molecular weight excluding hydrogens is 256 g/mol. The van der Waals surface area contributed by atoms with Gasteiger partial charge in [0, 0.05) is 6.42 Å². The van der Waals surface area contributed by atoms with E-state index >= 15 is 0 Å². The molecule has 0 saturated carbocycles. The van der Waals surface area contributed by atoms with E-state index in [9.17, 15) is 4.79 Å². The first kappa shape index (κ1) is 17.9. The van der Waals surface area contributed by atoms with Gasteiger partial charge in [0.05, 0.1) is 0 Å². The molecule has 1 nitrogen and oxygen atoms in total. The maximum Gasteiger partial charge on any atom is 0.124 e. The van der Waals surface area contributed by atoms with Crippen molar-refractivity contribution in [1.82, 2.24) is 0 Å². The van der Waals surface area contributed by atoms with Crippen LogP contribution >= 0.6 is 0 Å². The summed E-state index contributed by atoms with van der Waals surface area (Å²) in [5.41, 5.74) is 2.53. The minimum atomic E-state index is 0.540. The number of unbranched alkanes of at least 4 members (excludes halogenated alkanes) is 9. The lowest BCUT2D eigenvalue weighted by atomic mass is 10.0. The smallest absolute Gasteiger partial charge is 0.124 e. The predicted octanol–water partition coefficient (Wildman–Crippen LogP) is 5.89. The number of hydrogen-bond donors (Lipinski definition) is 0. The second-order valence-corrected chi connectivity index (χ2v) is 6.12. The SMILES string of the molecule is CCCCCCCCCCCCc1ccc(CC=O)cc1. The molecule has 1 heteroatoms. The van der Waals surface area contributed by atoms with Crippen LogP contribution < -0.4 is 0 Å². The van der Waals surface area contributed by atoms with Crippen LogP contribution in [-0.4, -0.2) is 6.29 Å². The molecule has 0 unspecified atom stereocenters. The van der Waals surface area contributed by atoms with Crippen LogP contribution in [0.5, 0.6) is 0 Å². The molecule has 0 amide bonds. The van der Waals surface area contributed by atoms with Crippen LogP contribution in [0.4, 0.5) is 0 Å². The highest BCUT2D eigenvalue weighted by molar-refractivity contribution is 5.54. The van der Waals surface area contributed by atoms with Gasteiger partial charge < -0.3 is 4.79 Å². The van der Waals surface area contributed by atoms with Gasteiger partial charge in [0.25, 0.3) is 0 Å². The highest BCUT2D eigenvalue weighted by Gasteiger charge is 1.96. The van der Waals surface area contributed by atoms with Gasteiger partial charge in [-0.2, -0.15) is 0 Å². The van der Waals surface area contributed by atoms with Gasteiger partial charge in [-0.1, -0.05) is 89.0 Å². The van der Waals surface area contributed by atoms with Gasteiger partial charge in [-0.15, -0.1) is 0 Å². The zero-order valence-corrected chi connectivity index (χ0v) is 13.8. The minimum absolute atomic E-state index is 0.540. The molecule has 0 aromatic heterocycles. The quantitative estimate of drug-likeness (QED) is 0.326. The molecule has 1 aromatic carbocycles. The van der Waals surface area contributed by atoms with Crippen LogP contribution in [0.15, 0.2) is 24.3 Å². The van der Waals surface area contributed by atoms with Crippen LogP contribution in [-0.2, 0) is 17.6 Å². The van der Waals surface area contributed by atoms with Gasteiger partial charge in [-0.05, 0) is 24.0 Å². The number of aryl methyl sites for hydroxylation is 1. The molecule has 0 aliphatic carbocycles. The van der Waals surface area contributed by atoms with Crippen LogP contribution in [0.25, 0.3) is 0 Å². The molecule has 0 atom stereocenters. The fraction of sp³-hybridized carbons (Fsp3) is 0.650. The average Bonchev–Trinajstić information content (AvgIpc) is 2.51. The van der Waals surface area contributed by atoms with Crippen LogP contribution in [0.2, 0.25) is 0 Å². The molecule has 118 valence electrons. The molecule has 0 fully saturated rings. The zero-order chi connectivity index (χ0) is 15.2. The van der Waals surface area contributed by atoms with E-state index in [0.717, 1.165) is 11.8 Å². The van der Waals surface area contributed by atoms with E-state index in [2.05, 4.69) is 31.2 Å². The molecule has 1 aromatic rings. The van der Waals surface area contributed by atoms with Crippen molar-refractivity contribution < 1.29 is 4.79 Å². The van der Waals surface area contributed by atoms with E-state index in [-0.39, 0.29) is 0 Å². The molecule has 0 saturated heterocycles. The van der Waals surface area contributed by atoms with Crippen molar-refractivity contribution >= 4 is 6.29 Å². The third-order valence-electron chi connectivity index (χ3n) is 4.16. The summed E-state index contributed by atoms with van der Waals surface area (Å²) in [6.07, 6.45) is 16.6. The van der Waals surface area contributed by atoms with Gasteiger partial charge >= 0.3 is 0 Å². The normalized spacial score (nSPS) is 10.7. The Hall–Kier alpha value is -1.11. The predicted molar refractivity (Wildman–Crippen MR) is 91.8 cm³/mol. The Morgan fingerprint density at radius 3 is 1.71 bits per heavy atom. The Morgan fingerprint density at radius 2 is 1.19 bits per heavy atom. The Labute approximate surface area is 131 Å². The molecular formula is C20H32O. The Bertz CT molecular complexity index is 353. The first-order valence-electron chi connectivity index (χ1n) is 8.88. The molecule has 0 N–H and O–H groups in total. The van der Waals surface area contributed by atoms with E-state index in [4.69, 9.17) is 0 Å². The summed E-state index contributed by atoms with van der Waals surface area (Å²) >= 11 is 0. The van der Waals surface area contributed by atoms with E-state index < -0.39 is 0 Å². The summed E-state index contributed by atoms with van der Waals surface area (Å²) in [5, 5.41) is 0. The van der Waals surface area contributed by atoms with Crippen molar-refractivity contribution in [2.75, 3.05) is 0 Å². The van der Waals surface area contributed by atoms with Crippen LogP contribution in [0.1, 0.15) is 82.3 Å². The number of benzene rings is 1. The molecule has 0 aliphatic rings. The number of aldehydes is 1. The lowest BCUT2D eigenvalue weighted by Gasteiger charge is -2.04. The zero-order valence-electron chi connectivity index (χ0n) is 13.8. The minimum Gasteiger partial charge on any atom is -0.303 e. The van der Waals surface area contributed by atoms with Crippen molar-refractivity contribution in [3.05, 3.63) is 35.4 Å². The van der Waals surface area contributed by atoms with Gasteiger partial charge in [0.15, 0.2) is 0 Å².